The first-order valence-corrected chi connectivity index (χ1v) is 7.58. The number of hydrogen-bond donors (Lipinski definition) is 1. The number of carbonyl (C=O) groups is 1. The summed E-state index contributed by atoms with van der Waals surface area (Å²) < 4.78 is 5.33. The quantitative estimate of drug-likeness (QED) is 0.801. The van der Waals surface area contributed by atoms with E-state index < -0.39 is 0 Å². The molecule has 2 atom stereocenters. The fourth-order valence-electron chi connectivity index (χ4n) is 2.41. The molecule has 2 N–H and O–H groups in total. The Morgan fingerprint density at radius 2 is 1.95 bits per heavy atom. The minimum atomic E-state index is 0.0310. The highest BCUT2D eigenvalue weighted by molar-refractivity contribution is 5.78. The van der Waals surface area contributed by atoms with Gasteiger partial charge in [0, 0.05) is 31.1 Å². The Morgan fingerprint density at radius 3 is 2.57 bits per heavy atom. The largest absolute Gasteiger partial charge is 0.496 e. The van der Waals surface area contributed by atoms with Gasteiger partial charge in [-0.25, -0.2) is 0 Å². The molecule has 0 heterocycles. The Labute approximate surface area is 128 Å². The van der Waals surface area contributed by atoms with Gasteiger partial charge in [0.05, 0.1) is 7.11 Å². The highest BCUT2D eigenvalue weighted by atomic mass is 16.5. The summed E-state index contributed by atoms with van der Waals surface area (Å²) >= 11 is 0. The molecule has 1 aromatic rings. The Bertz CT molecular complexity index is 446. The molecule has 0 radical (unpaired) electrons. The lowest BCUT2D eigenvalue weighted by atomic mass is 10.0. The number of amides is 1. The van der Waals surface area contributed by atoms with Crippen LogP contribution in [0.5, 0.6) is 5.75 Å². The predicted molar refractivity (Wildman–Crippen MR) is 86.1 cm³/mol. The number of benzene rings is 1. The van der Waals surface area contributed by atoms with Crippen molar-refractivity contribution in [1.82, 2.24) is 4.90 Å². The number of nitrogens with two attached hydrogens (primary N) is 1. The van der Waals surface area contributed by atoms with Crippen LogP contribution in [0, 0.1) is 5.92 Å². The van der Waals surface area contributed by atoms with Crippen LogP contribution >= 0.6 is 0 Å². The molecular weight excluding hydrogens is 264 g/mol. The second kappa shape index (κ2) is 8.67. The molecule has 21 heavy (non-hydrogen) atoms. The highest BCUT2D eigenvalue weighted by Crippen LogP contribution is 2.20. The zero-order valence-electron chi connectivity index (χ0n) is 13.6. The van der Waals surface area contributed by atoms with E-state index in [1.165, 1.54) is 0 Å². The maximum atomic E-state index is 12.4. The van der Waals surface area contributed by atoms with E-state index >= 15 is 0 Å². The van der Waals surface area contributed by atoms with Crippen LogP contribution < -0.4 is 10.5 Å². The van der Waals surface area contributed by atoms with Gasteiger partial charge in [-0.3, -0.25) is 4.79 Å². The molecule has 0 bridgehead atoms. The zero-order valence-corrected chi connectivity index (χ0v) is 13.6. The van der Waals surface area contributed by atoms with Crippen molar-refractivity contribution in [3.8, 4) is 5.75 Å². The molecule has 1 amide bonds. The number of nitrogens with zero attached hydrogens (tertiary/aromatic N) is 1. The highest BCUT2D eigenvalue weighted by Gasteiger charge is 2.18. The van der Waals surface area contributed by atoms with E-state index in [1.807, 2.05) is 45.2 Å². The van der Waals surface area contributed by atoms with E-state index in [2.05, 4.69) is 0 Å². The molecule has 0 saturated heterocycles. The number of rotatable bonds is 8. The van der Waals surface area contributed by atoms with Gasteiger partial charge in [0.25, 0.3) is 0 Å². The van der Waals surface area contributed by atoms with Crippen LogP contribution in [0.4, 0.5) is 0 Å². The van der Waals surface area contributed by atoms with E-state index in [4.69, 9.17) is 10.5 Å². The first-order chi connectivity index (χ1) is 9.95. The van der Waals surface area contributed by atoms with Gasteiger partial charge < -0.3 is 15.4 Å². The van der Waals surface area contributed by atoms with Crippen molar-refractivity contribution in [3.05, 3.63) is 29.8 Å². The van der Waals surface area contributed by atoms with Crippen LogP contribution in [-0.4, -0.2) is 31.0 Å². The number of methoxy groups -OCH3 is 1. The zero-order chi connectivity index (χ0) is 15.8. The molecule has 1 aromatic carbocycles. The van der Waals surface area contributed by atoms with E-state index in [9.17, 15) is 4.79 Å². The summed E-state index contributed by atoms with van der Waals surface area (Å²) in [6.07, 6.45) is 2.84. The van der Waals surface area contributed by atoms with E-state index in [1.54, 1.807) is 12.0 Å². The summed E-state index contributed by atoms with van der Waals surface area (Å²) in [5.74, 6) is 1.02. The van der Waals surface area contributed by atoms with Crippen molar-refractivity contribution in [3.63, 3.8) is 0 Å². The number of carbonyl (C=O) groups excluding carboxylic acids is 1. The van der Waals surface area contributed by atoms with Crippen LogP contribution in [-0.2, 0) is 11.3 Å². The van der Waals surface area contributed by atoms with Gasteiger partial charge in [0.2, 0.25) is 5.91 Å². The van der Waals surface area contributed by atoms with E-state index in [0.717, 1.165) is 30.6 Å². The Morgan fingerprint density at radius 1 is 1.29 bits per heavy atom. The Hall–Kier alpha value is -1.55. The lowest BCUT2D eigenvalue weighted by molar-refractivity contribution is -0.134. The second-order valence-electron chi connectivity index (χ2n) is 5.82. The number of ether oxygens (including phenoxy) is 1. The maximum absolute atomic E-state index is 12.4. The van der Waals surface area contributed by atoms with E-state index in [-0.39, 0.29) is 17.9 Å². The summed E-state index contributed by atoms with van der Waals surface area (Å²) in [5.41, 5.74) is 6.77. The first kappa shape index (κ1) is 17.5. The number of hydrogen-bond acceptors (Lipinski definition) is 3. The molecule has 0 aliphatic rings. The third-order valence-corrected chi connectivity index (χ3v) is 3.69. The van der Waals surface area contributed by atoms with Crippen molar-refractivity contribution in [2.75, 3.05) is 14.2 Å². The Balaban J connectivity index is 2.53. The molecule has 0 spiro atoms. The molecule has 1 rings (SSSR count). The molecular formula is C17H28N2O2. The summed E-state index contributed by atoms with van der Waals surface area (Å²) in [7, 11) is 3.49. The summed E-state index contributed by atoms with van der Waals surface area (Å²) in [6, 6.07) is 8.00. The van der Waals surface area contributed by atoms with Crippen molar-refractivity contribution >= 4 is 5.91 Å². The molecule has 118 valence electrons. The van der Waals surface area contributed by atoms with Crippen molar-refractivity contribution in [1.29, 1.82) is 0 Å². The van der Waals surface area contributed by atoms with Crippen molar-refractivity contribution in [2.24, 2.45) is 11.7 Å². The smallest absolute Gasteiger partial charge is 0.225 e. The van der Waals surface area contributed by atoms with Gasteiger partial charge in [-0.2, -0.15) is 0 Å². The fraction of sp³-hybridized carbons (Fsp3) is 0.588. The maximum Gasteiger partial charge on any atom is 0.225 e. The van der Waals surface area contributed by atoms with Gasteiger partial charge in [-0.05, 0) is 25.8 Å². The average molecular weight is 292 g/mol. The lowest BCUT2D eigenvalue weighted by Gasteiger charge is -2.22. The van der Waals surface area contributed by atoms with Crippen molar-refractivity contribution < 1.29 is 9.53 Å². The second-order valence-corrected chi connectivity index (χ2v) is 5.82. The third-order valence-electron chi connectivity index (χ3n) is 3.69. The SMILES string of the molecule is COc1ccccc1CN(C)C(=O)C(C)CCCC(C)N. The third kappa shape index (κ3) is 5.76. The Kier molecular flexibility index (Phi) is 7.23. The molecule has 2 unspecified atom stereocenters. The predicted octanol–water partition coefficient (Wildman–Crippen LogP) is 2.81. The van der Waals surface area contributed by atoms with Gasteiger partial charge in [0.15, 0.2) is 0 Å². The molecule has 0 saturated carbocycles. The molecule has 4 nitrogen and oxygen atoms in total. The van der Waals surface area contributed by atoms with Crippen molar-refractivity contribution in [2.45, 2.75) is 45.7 Å². The normalized spacial score (nSPS) is 13.6. The lowest BCUT2D eigenvalue weighted by Crippen LogP contribution is -2.31. The van der Waals surface area contributed by atoms with Crippen LogP contribution in [0.2, 0.25) is 0 Å². The summed E-state index contributed by atoms with van der Waals surface area (Å²) in [5, 5.41) is 0. The van der Waals surface area contributed by atoms with Gasteiger partial charge in [0.1, 0.15) is 5.75 Å². The number of para-hydroxylation sites is 1. The van der Waals surface area contributed by atoms with Crippen LogP contribution in [0.1, 0.15) is 38.7 Å². The molecule has 0 aromatic heterocycles. The van der Waals surface area contributed by atoms with Gasteiger partial charge >= 0.3 is 0 Å². The van der Waals surface area contributed by atoms with Gasteiger partial charge in [-0.15, -0.1) is 0 Å². The average Bonchev–Trinajstić information content (AvgIpc) is 2.46. The topological polar surface area (TPSA) is 55.6 Å². The monoisotopic (exact) mass is 292 g/mol. The van der Waals surface area contributed by atoms with Crippen LogP contribution in [0.15, 0.2) is 24.3 Å². The molecule has 0 aliphatic heterocycles. The molecule has 0 fully saturated rings. The van der Waals surface area contributed by atoms with Gasteiger partial charge in [-0.1, -0.05) is 31.5 Å². The summed E-state index contributed by atoms with van der Waals surface area (Å²) in [4.78, 5) is 14.1. The first-order valence-electron chi connectivity index (χ1n) is 7.58. The van der Waals surface area contributed by atoms with Crippen LogP contribution in [0.3, 0.4) is 0 Å². The fourth-order valence-corrected chi connectivity index (χ4v) is 2.41. The minimum Gasteiger partial charge on any atom is -0.496 e. The molecule has 0 aliphatic carbocycles. The minimum absolute atomic E-state index is 0.0310. The summed E-state index contributed by atoms with van der Waals surface area (Å²) in [6.45, 7) is 4.56. The van der Waals surface area contributed by atoms with Crippen LogP contribution in [0.25, 0.3) is 0 Å². The standard InChI is InChI=1S/C17H28N2O2/c1-13(8-7-9-14(2)18)17(20)19(3)12-15-10-5-6-11-16(15)21-4/h5-6,10-11,13-14H,7-9,12,18H2,1-4H3. The van der Waals surface area contributed by atoms with E-state index in [0.29, 0.717) is 6.54 Å². The molecule has 4 heteroatoms.